The van der Waals surface area contributed by atoms with E-state index in [-0.39, 0.29) is 11.1 Å². The van der Waals surface area contributed by atoms with Crippen molar-refractivity contribution < 1.29 is 13.2 Å². The van der Waals surface area contributed by atoms with Crippen LogP contribution in [0, 0.1) is 0 Å². The maximum Gasteiger partial charge on any atom is 0.416 e. The van der Waals surface area contributed by atoms with Crippen molar-refractivity contribution in [1.82, 2.24) is 19.8 Å². The molecule has 4 nitrogen and oxygen atoms in total. The summed E-state index contributed by atoms with van der Waals surface area (Å²) in [6.45, 7) is 2.61. The molecule has 1 fully saturated rings. The van der Waals surface area contributed by atoms with Gasteiger partial charge in [0, 0.05) is 50.6 Å². The molecule has 0 bridgehead atoms. The first kappa shape index (κ1) is 17.3. The number of aromatic nitrogens is 2. The minimum absolute atomic E-state index is 0.00654. The Bertz CT molecular complexity index is 714. The van der Waals surface area contributed by atoms with E-state index in [9.17, 15) is 13.2 Å². The van der Waals surface area contributed by atoms with Crippen LogP contribution < -0.4 is 5.32 Å². The Hall–Kier alpha value is -1.57. The van der Waals surface area contributed by atoms with Gasteiger partial charge < -0.3 is 9.88 Å². The molecule has 0 spiro atoms. The number of halogens is 4. The van der Waals surface area contributed by atoms with Crippen LogP contribution in [0.2, 0.25) is 5.02 Å². The van der Waals surface area contributed by atoms with Crippen LogP contribution in [0.3, 0.4) is 0 Å². The third-order valence-electron chi connectivity index (χ3n) is 4.18. The molecule has 130 valence electrons. The molecule has 1 N–H and O–H groups in total. The largest absolute Gasteiger partial charge is 0.416 e. The second kappa shape index (κ2) is 6.74. The van der Waals surface area contributed by atoms with Crippen molar-refractivity contribution in [2.75, 3.05) is 19.6 Å². The average Bonchev–Trinajstić information content (AvgIpc) is 2.92. The van der Waals surface area contributed by atoms with Crippen molar-refractivity contribution in [1.29, 1.82) is 0 Å². The van der Waals surface area contributed by atoms with Crippen molar-refractivity contribution in [3.05, 3.63) is 52.6 Å². The van der Waals surface area contributed by atoms with E-state index in [4.69, 9.17) is 11.6 Å². The maximum absolute atomic E-state index is 13.0. The van der Waals surface area contributed by atoms with Crippen LogP contribution in [0.15, 0.2) is 30.6 Å². The summed E-state index contributed by atoms with van der Waals surface area (Å²) in [5, 5.41) is 3.41. The van der Waals surface area contributed by atoms with Gasteiger partial charge in [-0.2, -0.15) is 13.2 Å². The molecule has 3 rings (SSSR count). The van der Waals surface area contributed by atoms with Gasteiger partial charge in [0.1, 0.15) is 5.82 Å². The van der Waals surface area contributed by atoms with Gasteiger partial charge in [-0.1, -0.05) is 11.6 Å². The van der Waals surface area contributed by atoms with Crippen molar-refractivity contribution in [2.24, 2.45) is 7.05 Å². The Balaban J connectivity index is 1.86. The number of imidazole rings is 1. The number of rotatable bonds is 3. The second-order valence-corrected chi connectivity index (χ2v) is 6.37. The van der Waals surface area contributed by atoms with Gasteiger partial charge in [-0.05, 0) is 23.8 Å². The predicted molar refractivity (Wildman–Crippen MR) is 85.7 cm³/mol. The number of hydrogen-bond acceptors (Lipinski definition) is 3. The standard InChI is InChI=1S/C16H18ClF3N4/c1-23-4-3-22-15(23)14-9-21-2-5-24(14)10-11-6-12(16(18,19)20)8-13(17)7-11/h3-4,6-8,14,21H,2,5,9-10H2,1H3. The lowest BCUT2D eigenvalue weighted by atomic mass is 10.1. The Morgan fingerprint density at radius 1 is 1.33 bits per heavy atom. The Morgan fingerprint density at radius 3 is 2.79 bits per heavy atom. The number of nitrogens with one attached hydrogen (secondary N) is 1. The first-order chi connectivity index (χ1) is 11.3. The third-order valence-corrected chi connectivity index (χ3v) is 4.40. The highest BCUT2D eigenvalue weighted by atomic mass is 35.5. The molecule has 2 heterocycles. The lowest BCUT2D eigenvalue weighted by Crippen LogP contribution is -2.46. The van der Waals surface area contributed by atoms with Crippen molar-refractivity contribution in [2.45, 2.75) is 18.8 Å². The van der Waals surface area contributed by atoms with Gasteiger partial charge in [-0.3, -0.25) is 4.90 Å². The molecule has 1 aliphatic rings. The zero-order valence-corrected chi connectivity index (χ0v) is 13.9. The SMILES string of the molecule is Cn1ccnc1C1CNCCN1Cc1cc(Cl)cc(C(F)(F)F)c1. The summed E-state index contributed by atoms with van der Waals surface area (Å²) in [6, 6.07) is 3.73. The number of piperazine rings is 1. The summed E-state index contributed by atoms with van der Waals surface area (Å²) < 4.78 is 40.9. The van der Waals surface area contributed by atoms with Crippen LogP contribution in [-0.4, -0.2) is 34.1 Å². The Kier molecular flexibility index (Phi) is 4.85. The van der Waals surface area contributed by atoms with Gasteiger partial charge in [0.2, 0.25) is 0 Å². The molecular weight excluding hydrogens is 341 g/mol. The first-order valence-corrected chi connectivity index (χ1v) is 8.01. The summed E-state index contributed by atoms with van der Waals surface area (Å²) in [5.74, 6) is 0.889. The predicted octanol–water partition coefficient (Wildman–Crippen LogP) is 3.24. The normalized spacial score (nSPS) is 19.6. The summed E-state index contributed by atoms with van der Waals surface area (Å²) >= 11 is 5.89. The van der Waals surface area contributed by atoms with Gasteiger partial charge in [0.15, 0.2) is 0 Å². The number of aryl methyl sites for hydroxylation is 1. The van der Waals surface area contributed by atoms with Gasteiger partial charge in [0.25, 0.3) is 0 Å². The van der Waals surface area contributed by atoms with Crippen LogP contribution in [0.1, 0.15) is 23.0 Å². The monoisotopic (exact) mass is 358 g/mol. The number of benzene rings is 1. The van der Waals surface area contributed by atoms with E-state index in [0.29, 0.717) is 18.7 Å². The lowest BCUT2D eigenvalue weighted by Gasteiger charge is -2.35. The maximum atomic E-state index is 13.0. The zero-order valence-electron chi connectivity index (χ0n) is 13.1. The van der Waals surface area contributed by atoms with E-state index in [1.807, 2.05) is 17.8 Å². The van der Waals surface area contributed by atoms with E-state index in [1.54, 1.807) is 12.3 Å². The quantitative estimate of drug-likeness (QED) is 0.914. The van der Waals surface area contributed by atoms with E-state index in [2.05, 4.69) is 15.2 Å². The molecule has 24 heavy (non-hydrogen) atoms. The zero-order chi connectivity index (χ0) is 17.3. The summed E-state index contributed by atoms with van der Waals surface area (Å²) in [6.07, 6.45) is -0.811. The molecule has 1 saturated heterocycles. The Morgan fingerprint density at radius 2 is 2.12 bits per heavy atom. The number of hydrogen-bond donors (Lipinski definition) is 1. The molecule has 0 amide bonds. The van der Waals surface area contributed by atoms with E-state index < -0.39 is 11.7 Å². The molecule has 0 saturated carbocycles. The van der Waals surface area contributed by atoms with Crippen molar-refractivity contribution in [3.8, 4) is 0 Å². The minimum Gasteiger partial charge on any atom is -0.337 e. The van der Waals surface area contributed by atoms with Crippen LogP contribution in [-0.2, 0) is 19.8 Å². The molecule has 0 radical (unpaired) electrons. The highest BCUT2D eigenvalue weighted by Gasteiger charge is 2.32. The molecule has 1 aromatic carbocycles. The van der Waals surface area contributed by atoms with Crippen molar-refractivity contribution >= 4 is 11.6 Å². The van der Waals surface area contributed by atoms with Crippen LogP contribution in [0.5, 0.6) is 0 Å². The van der Waals surface area contributed by atoms with E-state index in [0.717, 1.165) is 25.0 Å². The van der Waals surface area contributed by atoms with E-state index >= 15 is 0 Å². The summed E-state index contributed by atoms with van der Waals surface area (Å²) in [4.78, 5) is 6.51. The lowest BCUT2D eigenvalue weighted by molar-refractivity contribution is -0.137. The summed E-state index contributed by atoms with van der Waals surface area (Å²) in [5.41, 5.74) is -0.162. The second-order valence-electron chi connectivity index (χ2n) is 5.93. The fourth-order valence-electron chi connectivity index (χ4n) is 3.03. The third kappa shape index (κ3) is 3.74. The van der Waals surface area contributed by atoms with Crippen LogP contribution in [0.25, 0.3) is 0 Å². The molecular formula is C16H18ClF3N4. The van der Waals surface area contributed by atoms with Gasteiger partial charge in [0.05, 0.1) is 11.6 Å². The minimum atomic E-state index is -4.40. The molecule has 1 aliphatic heterocycles. The smallest absolute Gasteiger partial charge is 0.337 e. The van der Waals surface area contributed by atoms with E-state index in [1.165, 1.54) is 6.07 Å². The first-order valence-electron chi connectivity index (χ1n) is 7.63. The molecule has 0 aliphatic carbocycles. The number of alkyl halides is 3. The fraction of sp³-hybridized carbons (Fsp3) is 0.438. The van der Waals surface area contributed by atoms with Crippen molar-refractivity contribution in [3.63, 3.8) is 0 Å². The highest BCUT2D eigenvalue weighted by molar-refractivity contribution is 6.30. The Labute approximate surface area is 143 Å². The average molecular weight is 359 g/mol. The molecule has 1 aromatic heterocycles. The van der Waals surface area contributed by atoms with Gasteiger partial charge in [-0.25, -0.2) is 4.98 Å². The summed E-state index contributed by atoms with van der Waals surface area (Å²) in [7, 11) is 1.91. The molecule has 8 heteroatoms. The molecule has 2 aromatic rings. The molecule has 1 unspecified atom stereocenters. The fourth-order valence-corrected chi connectivity index (χ4v) is 3.29. The van der Waals surface area contributed by atoms with Crippen LogP contribution >= 0.6 is 11.6 Å². The van der Waals surface area contributed by atoms with Gasteiger partial charge >= 0.3 is 6.18 Å². The molecule has 1 atom stereocenters. The number of nitrogens with zero attached hydrogens (tertiary/aromatic N) is 3. The highest BCUT2D eigenvalue weighted by Crippen LogP contribution is 2.33. The van der Waals surface area contributed by atoms with Gasteiger partial charge in [-0.15, -0.1) is 0 Å². The van der Waals surface area contributed by atoms with Crippen LogP contribution in [0.4, 0.5) is 13.2 Å². The topological polar surface area (TPSA) is 33.1 Å².